The van der Waals surface area contributed by atoms with Gasteiger partial charge in [-0.05, 0) is 61.4 Å². The van der Waals surface area contributed by atoms with Crippen LogP contribution in [0.25, 0.3) is 11.8 Å². The molecule has 1 aliphatic rings. The van der Waals surface area contributed by atoms with E-state index in [-0.39, 0.29) is 12.2 Å². The lowest BCUT2D eigenvalue weighted by molar-refractivity contribution is -0.127. The third-order valence-corrected chi connectivity index (χ3v) is 5.01. The molecule has 7 nitrogen and oxygen atoms in total. The standard InChI is InChI=1S/C24H22N4O3/c1-16-7-5-9-18(13-16)25-22(29)15-28-23(30)20(26-24(28)31)14-19-10-6-12-27(19)21-11-4-3-8-17(21)2/h3-14H,15H2,1-2H3,(H,25,29)(H,26,31)/b20-14+. The second-order valence-electron chi connectivity index (χ2n) is 7.39. The van der Waals surface area contributed by atoms with Crippen molar-refractivity contribution in [3.63, 3.8) is 0 Å². The quantitative estimate of drug-likeness (QED) is 0.494. The number of hydrogen-bond acceptors (Lipinski definition) is 3. The van der Waals surface area contributed by atoms with Gasteiger partial charge in [0.25, 0.3) is 5.91 Å². The van der Waals surface area contributed by atoms with E-state index < -0.39 is 17.8 Å². The fourth-order valence-electron chi connectivity index (χ4n) is 3.49. The molecule has 0 radical (unpaired) electrons. The van der Waals surface area contributed by atoms with Crippen molar-refractivity contribution in [3.05, 3.63) is 89.4 Å². The van der Waals surface area contributed by atoms with Crippen molar-refractivity contribution in [1.29, 1.82) is 0 Å². The molecule has 1 aliphatic heterocycles. The van der Waals surface area contributed by atoms with Crippen molar-refractivity contribution < 1.29 is 14.4 Å². The Kier molecular flexibility index (Phi) is 5.41. The maximum Gasteiger partial charge on any atom is 0.329 e. The van der Waals surface area contributed by atoms with Gasteiger partial charge in [0.2, 0.25) is 5.91 Å². The molecule has 0 saturated carbocycles. The maximum atomic E-state index is 12.8. The number of imide groups is 1. The summed E-state index contributed by atoms with van der Waals surface area (Å²) in [6.45, 7) is 3.55. The summed E-state index contributed by atoms with van der Waals surface area (Å²) in [6.07, 6.45) is 3.51. The van der Waals surface area contributed by atoms with E-state index in [0.717, 1.165) is 27.4 Å². The Morgan fingerprint density at radius 3 is 2.61 bits per heavy atom. The number of amides is 4. The Morgan fingerprint density at radius 1 is 1.03 bits per heavy atom. The highest BCUT2D eigenvalue weighted by Crippen LogP contribution is 2.20. The second kappa shape index (κ2) is 8.31. The number of rotatable bonds is 5. The first-order chi connectivity index (χ1) is 14.9. The molecule has 0 unspecified atom stereocenters. The monoisotopic (exact) mass is 414 g/mol. The van der Waals surface area contributed by atoms with Crippen LogP contribution in [0, 0.1) is 13.8 Å². The van der Waals surface area contributed by atoms with Gasteiger partial charge in [0.1, 0.15) is 12.2 Å². The Hall–Kier alpha value is -4.13. The molecule has 7 heteroatoms. The number of aryl methyl sites for hydroxylation is 2. The predicted octanol–water partition coefficient (Wildman–Crippen LogP) is 3.63. The molecule has 1 aromatic heterocycles. The largest absolute Gasteiger partial charge is 0.329 e. The molecule has 0 bridgehead atoms. The van der Waals surface area contributed by atoms with Crippen LogP contribution >= 0.6 is 0 Å². The van der Waals surface area contributed by atoms with Crippen molar-refractivity contribution in [2.75, 3.05) is 11.9 Å². The minimum absolute atomic E-state index is 0.127. The van der Waals surface area contributed by atoms with Crippen LogP contribution in [0.2, 0.25) is 0 Å². The van der Waals surface area contributed by atoms with Crippen LogP contribution in [0.4, 0.5) is 10.5 Å². The fraction of sp³-hybridized carbons (Fsp3) is 0.125. The first-order valence-corrected chi connectivity index (χ1v) is 9.87. The molecule has 4 rings (SSSR count). The highest BCUT2D eigenvalue weighted by molar-refractivity contribution is 6.15. The van der Waals surface area contributed by atoms with Gasteiger partial charge in [-0.15, -0.1) is 0 Å². The number of carbonyl (C=O) groups excluding carboxylic acids is 3. The summed E-state index contributed by atoms with van der Waals surface area (Å²) in [5.41, 5.74) is 4.53. The number of aromatic nitrogens is 1. The zero-order valence-corrected chi connectivity index (χ0v) is 17.3. The summed E-state index contributed by atoms with van der Waals surface area (Å²) >= 11 is 0. The van der Waals surface area contributed by atoms with E-state index in [9.17, 15) is 14.4 Å². The van der Waals surface area contributed by atoms with Crippen LogP contribution in [0.1, 0.15) is 16.8 Å². The van der Waals surface area contributed by atoms with E-state index in [2.05, 4.69) is 10.6 Å². The van der Waals surface area contributed by atoms with E-state index >= 15 is 0 Å². The molecule has 2 heterocycles. The van der Waals surface area contributed by atoms with Crippen LogP contribution in [0.3, 0.4) is 0 Å². The number of para-hydroxylation sites is 1. The number of nitrogens with zero attached hydrogens (tertiary/aromatic N) is 2. The van der Waals surface area contributed by atoms with Gasteiger partial charge in [-0.2, -0.15) is 0 Å². The van der Waals surface area contributed by atoms with Crippen LogP contribution in [0.15, 0.2) is 72.6 Å². The zero-order valence-electron chi connectivity index (χ0n) is 17.3. The third kappa shape index (κ3) is 4.25. The molecule has 2 N–H and O–H groups in total. The van der Waals surface area contributed by atoms with Crippen LogP contribution in [-0.4, -0.2) is 33.9 Å². The summed E-state index contributed by atoms with van der Waals surface area (Å²) in [5, 5.41) is 5.28. The molecule has 0 spiro atoms. The molecule has 1 saturated heterocycles. The molecule has 3 aromatic rings. The Morgan fingerprint density at radius 2 is 1.84 bits per heavy atom. The van der Waals surface area contributed by atoms with Gasteiger partial charge in [-0.1, -0.05) is 30.3 Å². The number of urea groups is 1. The van der Waals surface area contributed by atoms with Gasteiger partial charge in [0.05, 0.1) is 0 Å². The number of carbonyl (C=O) groups is 3. The van der Waals surface area contributed by atoms with Crippen molar-refractivity contribution in [3.8, 4) is 5.69 Å². The van der Waals surface area contributed by atoms with Crippen molar-refractivity contribution in [1.82, 2.24) is 14.8 Å². The first-order valence-electron chi connectivity index (χ1n) is 9.87. The molecule has 0 aliphatic carbocycles. The van der Waals surface area contributed by atoms with Gasteiger partial charge >= 0.3 is 6.03 Å². The van der Waals surface area contributed by atoms with Crippen LogP contribution in [0.5, 0.6) is 0 Å². The van der Waals surface area contributed by atoms with Crippen LogP contribution < -0.4 is 10.6 Å². The summed E-state index contributed by atoms with van der Waals surface area (Å²) in [4.78, 5) is 38.4. The first kappa shape index (κ1) is 20.2. The summed E-state index contributed by atoms with van der Waals surface area (Å²) in [7, 11) is 0. The molecular weight excluding hydrogens is 392 g/mol. The number of hydrogen-bond donors (Lipinski definition) is 2. The molecule has 4 amide bonds. The lowest BCUT2D eigenvalue weighted by Crippen LogP contribution is -2.38. The van der Waals surface area contributed by atoms with Crippen molar-refractivity contribution >= 4 is 29.6 Å². The lowest BCUT2D eigenvalue weighted by Gasteiger charge is -2.12. The van der Waals surface area contributed by atoms with E-state index in [1.165, 1.54) is 0 Å². The van der Waals surface area contributed by atoms with Gasteiger partial charge in [-0.25, -0.2) is 9.69 Å². The minimum atomic E-state index is -0.621. The third-order valence-electron chi connectivity index (χ3n) is 5.01. The number of anilines is 1. The maximum absolute atomic E-state index is 12.8. The summed E-state index contributed by atoms with van der Waals surface area (Å²) in [6, 6.07) is 18.3. The van der Waals surface area contributed by atoms with E-state index in [1.54, 1.807) is 12.1 Å². The number of nitrogens with one attached hydrogen (secondary N) is 2. The highest BCUT2D eigenvalue weighted by Gasteiger charge is 2.35. The molecule has 1 fully saturated rings. The zero-order chi connectivity index (χ0) is 22.0. The van der Waals surface area contributed by atoms with Crippen molar-refractivity contribution in [2.45, 2.75) is 13.8 Å². The van der Waals surface area contributed by atoms with Gasteiger partial charge < -0.3 is 15.2 Å². The average molecular weight is 414 g/mol. The van der Waals surface area contributed by atoms with E-state index in [1.807, 2.05) is 79.2 Å². The SMILES string of the molecule is Cc1cccc(NC(=O)CN2C(=O)N/C(=C/c3cccn3-c3ccccc3C)C2=O)c1. The second-order valence-corrected chi connectivity index (χ2v) is 7.39. The Labute approximate surface area is 180 Å². The van der Waals surface area contributed by atoms with Crippen molar-refractivity contribution in [2.24, 2.45) is 0 Å². The molecule has 0 atom stereocenters. The molecule has 156 valence electrons. The Balaban J connectivity index is 1.51. The van der Waals surface area contributed by atoms with Crippen LogP contribution in [-0.2, 0) is 9.59 Å². The predicted molar refractivity (Wildman–Crippen MR) is 119 cm³/mol. The van der Waals surface area contributed by atoms with Gasteiger partial charge in [0.15, 0.2) is 0 Å². The van der Waals surface area contributed by atoms with E-state index in [0.29, 0.717) is 5.69 Å². The Bertz CT molecular complexity index is 1210. The topological polar surface area (TPSA) is 83.4 Å². The number of benzene rings is 2. The van der Waals surface area contributed by atoms with E-state index in [4.69, 9.17) is 0 Å². The summed E-state index contributed by atoms with van der Waals surface area (Å²) < 4.78 is 1.94. The molecular formula is C24H22N4O3. The van der Waals surface area contributed by atoms with Gasteiger partial charge in [0, 0.05) is 23.3 Å². The minimum Gasteiger partial charge on any atom is -0.325 e. The lowest BCUT2D eigenvalue weighted by atomic mass is 10.2. The highest BCUT2D eigenvalue weighted by atomic mass is 16.2. The molecule has 2 aromatic carbocycles. The fourth-order valence-corrected chi connectivity index (χ4v) is 3.49. The smallest absolute Gasteiger partial charge is 0.325 e. The average Bonchev–Trinajstić information content (AvgIpc) is 3.28. The summed E-state index contributed by atoms with van der Waals surface area (Å²) in [5.74, 6) is -0.986. The molecule has 31 heavy (non-hydrogen) atoms. The van der Waals surface area contributed by atoms with Gasteiger partial charge in [-0.3, -0.25) is 9.59 Å². The normalized spacial score (nSPS) is 14.8.